The smallest absolute Gasteiger partial charge is 0.258 e. The number of hydrogen-bond donors (Lipinski definition) is 2. The fourth-order valence-electron chi connectivity index (χ4n) is 1.33. The van der Waals surface area contributed by atoms with Crippen molar-refractivity contribution in [3.8, 4) is 5.75 Å². The van der Waals surface area contributed by atoms with Gasteiger partial charge in [0.15, 0.2) is 23.5 Å². The number of nitrogens with two attached hydrogens (primary N) is 1. The summed E-state index contributed by atoms with van der Waals surface area (Å²) in [4.78, 5) is 10.8. The van der Waals surface area contributed by atoms with E-state index in [1.807, 2.05) is 6.92 Å². The summed E-state index contributed by atoms with van der Waals surface area (Å²) in [5.74, 6) is -3.07. The van der Waals surface area contributed by atoms with Crippen molar-refractivity contribution < 1.29 is 18.3 Å². The summed E-state index contributed by atoms with van der Waals surface area (Å²) in [7, 11) is 0. The molecule has 1 aromatic rings. The van der Waals surface area contributed by atoms with Gasteiger partial charge in [-0.25, -0.2) is 8.78 Å². The van der Waals surface area contributed by atoms with Crippen LogP contribution < -0.4 is 15.8 Å². The summed E-state index contributed by atoms with van der Waals surface area (Å²) in [5.41, 5.74) is 5.42. The van der Waals surface area contributed by atoms with E-state index in [0.29, 0.717) is 18.7 Å². The molecule has 0 saturated heterocycles. The lowest BCUT2D eigenvalue weighted by atomic mass is 10.2. The van der Waals surface area contributed by atoms with E-state index in [1.165, 1.54) is 6.92 Å². The van der Waals surface area contributed by atoms with Crippen LogP contribution in [0.3, 0.4) is 0 Å². The van der Waals surface area contributed by atoms with Crippen LogP contribution in [0.5, 0.6) is 5.75 Å². The number of carbonyl (C=O) groups is 1. The molecule has 0 saturated carbocycles. The second-order valence-electron chi connectivity index (χ2n) is 3.83. The van der Waals surface area contributed by atoms with Crippen LogP contribution in [0.4, 0.5) is 8.78 Å². The van der Waals surface area contributed by atoms with E-state index >= 15 is 0 Å². The molecule has 0 fully saturated rings. The zero-order chi connectivity index (χ0) is 13.7. The Morgan fingerprint density at radius 1 is 1.44 bits per heavy atom. The van der Waals surface area contributed by atoms with E-state index in [0.717, 1.165) is 12.1 Å². The summed E-state index contributed by atoms with van der Waals surface area (Å²) in [6.07, 6.45) is -1.09. The van der Waals surface area contributed by atoms with E-state index in [2.05, 4.69) is 5.32 Å². The third-order valence-corrected chi connectivity index (χ3v) is 2.33. The van der Waals surface area contributed by atoms with Gasteiger partial charge < -0.3 is 15.8 Å². The first-order valence-corrected chi connectivity index (χ1v) is 5.60. The minimum atomic E-state index is -1.09. The van der Waals surface area contributed by atoms with Crippen molar-refractivity contribution in [1.29, 1.82) is 0 Å². The first-order chi connectivity index (χ1) is 8.45. The van der Waals surface area contributed by atoms with Gasteiger partial charge in [0.25, 0.3) is 5.91 Å². The highest BCUT2D eigenvalue weighted by Crippen LogP contribution is 2.24. The minimum absolute atomic E-state index is 0.357. The molecule has 0 heterocycles. The van der Waals surface area contributed by atoms with Crippen LogP contribution in [0.15, 0.2) is 12.1 Å². The van der Waals surface area contributed by atoms with Crippen molar-refractivity contribution in [3.05, 3.63) is 29.3 Å². The Morgan fingerprint density at radius 2 is 2.00 bits per heavy atom. The highest BCUT2D eigenvalue weighted by molar-refractivity contribution is 5.78. The van der Waals surface area contributed by atoms with Crippen molar-refractivity contribution in [2.45, 2.75) is 26.5 Å². The second-order valence-corrected chi connectivity index (χ2v) is 3.83. The van der Waals surface area contributed by atoms with Crippen LogP contribution in [-0.4, -0.2) is 18.6 Å². The molecule has 18 heavy (non-hydrogen) atoms. The molecule has 0 aliphatic heterocycles. The van der Waals surface area contributed by atoms with E-state index in [9.17, 15) is 13.6 Å². The van der Waals surface area contributed by atoms with Gasteiger partial charge in [-0.15, -0.1) is 0 Å². The molecule has 3 N–H and O–H groups in total. The molecule has 0 radical (unpaired) electrons. The Bertz CT molecular complexity index is 415. The van der Waals surface area contributed by atoms with Gasteiger partial charge in [-0.3, -0.25) is 4.79 Å². The monoisotopic (exact) mass is 258 g/mol. The second kappa shape index (κ2) is 6.30. The Balaban J connectivity index is 2.90. The summed E-state index contributed by atoms with van der Waals surface area (Å²) < 4.78 is 32.1. The van der Waals surface area contributed by atoms with Gasteiger partial charge in [0.1, 0.15) is 0 Å². The molecule has 0 aromatic heterocycles. The minimum Gasteiger partial charge on any atom is -0.475 e. The normalized spacial score (nSPS) is 12.2. The Labute approximate surface area is 104 Å². The maximum absolute atomic E-state index is 13.6. The van der Waals surface area contributed by atoms with E-state index in [-0.39, 0.29) is 0 Å². The quantitative estimate of drug-likeness (QED) is 0.809. The van der Waals surface area contributed by atoms with Crippen molar-refractivity contribution in [2.75, 3.05) is 6.54 Å². The number of nitrogens with one attached hydrogen (secondary N) is 1. The standard InChI is InChI=1S/C12H16F2N2O2/c1-3-16-6-8-4-9(13)11(10(14)5-8)18-7(2)12(15)17/h4-5,7,16H,3,6H2,1-2H3,(H2,15,17). The molecule has 6 heteroatoms. The third kappa shape index (κ3) is 3.66. The number of carbonyl (C=O) groups excluding carboxylic acids is 1. The van der Waals surface area contributed by atoms with Crippen LogP contribution in [-0.2, 0) is 11.3 Å². The van der Waals surface area contributed by atoms with Gasteiger partial charge >= 0.3 is 0 Å². The highest BCUT2D eigenvalue weighted by atomic mass is 19.1. The van der Waals surface area contributed by atoms with Gasteiger partial charge in [-0.2, -0.15) is 0 Å². The molecule has 1 unspecified atom stereocenters. The van der Waals surface area contributed by atoms with Gasteiger partial charge in [0, 0.05) is 6.54 Å². The molecule has 0 aliphatic rings. The Morgan fingerprint density at radius 3 is 2.44 bits per heavy atom. The summed E-state index contributed by atoms with van der Waals surface area (Å²) in [5, 5.41) is 2.95. The predicted molar refractivity (Wildman–Crippen MR) is 63.0 cm³/mol. The number of ether oxygens (including phenoxy) is 1. The van der Waals surface area contributed by atoms with E-state index < -0.39 is 29.4 Å². The number of hydrogen-bond acceptors (Lipinski definition) is 3. The summed E-state index contributed by atoms with van der Waals surface area (Å²) >= 11 is 0. The first-order valence-electron chi connectivity index (χ1n) is 5.60. The number of benzene rings is 1. The average Bonchev–Trinajstić information content (AvgIpc) is 2.30. The highest BCUT2D eigenvalue weighted by Gasteiger charge is 2.18. The summed E-state index contributed by atoms with van der Waals surface area (Å²) in [6.45, 7) is 4.27. The van der Waals surface area contributed by atoms with Gasteiger partial charge in [-0.1, -0.05) is 6.92 Å². The molecule has 100 valence electrons. The molecule has 1 rings (SSSR count). The fourth-order valence-corrected chi connectivity index (χ4v) is 1.33. The number of halogens is 2. The predicted octanol–water partition coefficient (Wildman–Crippen LogP) is 1.33. The van der Waals surface area contributed by atoms with Crippen molar-refractivity contribution >= 4 is 5.91 Å². The lowest BCUT2D eigenvalue weighted by molar-refractivity contribution is -0.124. The summed E-state index contributed by atoms with van der Waals surface area (Å²) in [6, 6.07) is 2.32. The maximum Gasteiger partial charge on any atom is 0.258 e. The first kappa shape index (κ1) is 14.4. The molecule has 1 atom stereocenters. The van der Waals surface area contributed by atoms with Crippen LogP contribution in [0, 0.1) is 11.6 Å². The van der Waals surface area contributed by atoms with Crippen LogP contribution >= 0.6 is 0 Å². The number of rotatable bonds is 6. The largest absolute Gasteiger partial charge is 0.475 e. The van der Waals surface area contributed by atoms with E-state index in [4.69, 9.17) is 10.5 Å². The zero-order valence-electron chi connectivity index (χ0n) is 10.3. The Kier molecular flexibility index (Phi) is 5.03. The van der Waals surface area contributed by atoms with Crippen LogP contribution in [0.1, 0.15) is 19.4 Å². The number of primary amides is 1. The van der Waals surface area contributed by atoms with Crippen LogP contribution in [0.2, 0.25) is 0 Å². The molecule has 1 aromatic carbocycles. The molecule has 0 bridgehead atoms. The number of amides is 1. The lowest BCUT2D eigenvalue weighted by Crippen LogP contribution is -2.31. The molecular formula is C12H16F2N2O2. The van der Waals surface area contributed by atoms with Crippen molar-refractivity contribution in [3.63, 3.8) is 0 Å². The fraction of sp³-hybridized carbons (Fsp3) is 0.417. The lowest BCUT2D eigenvalue weighted by Gasteiger charge is -2.13. The molecule has 0 spiro atoms. The molecule has 1 amide bonds. The maximum atomic E-state index is 13.6. The van der Waals surface area contributed by atoms with Crippen LogP contribution in [0.25, 0.3) is 0 Å². The van der Waals surface area contributed by atoms with Crippen molar-refractivity contribution in [1.82, 2.24) is 5.32 Å². The molecule has 4 nitrogen and oxygen atoms in total. The van der Waals surface area contributed by atoms with Crippen molar-refractivity contribution in [2.24, 2.45) is 5.73 Å². The zero-order valence-corrected chi connectivity index (χ0v) is 10.3. The SMILES string of the molecule is CCNCc1cc(F)c(OC(C)C(N)=O)c(F)c1. The average molecular weight is 258 g/mol. The van der Waals surface area contributed by atoms with Gasteiger partial charge in [-0.05, 0) is 31.2 Å². The molecule has 0 aliphatic carbocycles. The van der Waals surface area contributed by atoms with Gasteiger partial charge in [0.05, 0.1) is 0 Å². The molecular weight excluding hydrogens is 242 g/mol. The topological polar surface area (TPSA) is 64.3 Å². The van der Waals surface area contributed by atoms with Gasteiger partial charge in [0.2, 0.25) is 0 Å². The van der Waals surface area contributed by atoms with E-state index in [1.54, 1.807) is 0 Å². The third-order valence-electron chi connectivity index (χ3n) is 2.33. The Hall–Kier alpha value is -1.69.